The van der Waals surface area contributed by atoms with Crippen molar-refractivity contribution in [3.8, 4) is 35.0 Å². The van der Waals surface area contributed by atoms with Crippen LogP contribution in [0, 0.1) is 34.6 Å². The minimum atomic E-state index is -0.272. The molecule has 0 aliphatic rings. The van der Waals surface area contributed by atoms with E-state index in [1.807, 2.05) is 83.4 Å². The van der Waals surface area contributed by atoms with Gasteiger partial charge in [-0.25, -0.2) is 4.57 Å². The summed E-state index contributed by atoms with van der Waals surface area (Å²) < 4.78 is 5.79. The van der Waals surface area contributed by atoms with Crippen molar-refractivity contribution in [2.75, 3.05) is 0 Å². The molecule has 236 valence electrons. The SMILES string of the molecule is Cc1cc2c(=O)n(-c3ccccc3)c(=O)c3cc(-c4sc(-c5cc6c(C)c7sc(-c8cc(C)c(C)s8)cc7cc6s5)cc4C)sc3c2s1. The largest absolute Gasteiger partial charge is 0.268 e. The average molecular weight is 734 g/mol. The van der Waals surface area contributed by atoms with E-state index in [1.54, 1.807) is 34.0 Å². The summed E-state index contributed by atoms with van der Waals surface area (Å²) in [4.78, 5) is 37.7. The summed E-state index contributed by atoms with van der Waals surface area (Å²) in [7, 11) is 0. The van der Waals surface area contributed by atoms with Gasteiger partial charge >= 0.3 is 0 Å². The Morgan fingerprint density at radius 1 is 0.521 bits per heavy atom. The first-order valence-electron chi connectivity index (χ1n) is 15.5. The van der Waals surface area contributed by atoms with Gasteiger partial charge in [0.05, 0.1) is 25.9 Å². The molecule has 2 aromatic carbocycles. The van der Waals surface area contributed by atoms with Crippen LogP contribution in [0.15, 0.2) is 82.4 Å². The number of hydrogen-bond acceptors (Lipinski definition) is 8. The van der Waals surface area contributed by atoms with Gasteiger partial charge in [0.1, 0.15) is 0 Å². The van der Waals surface area contributed by atoms with Gasteiger partial charge in [-0.15, -0.1) is 68.0 Å². The van der Waals surface area contributed by atoms with E-state index in [2.05, 4.69) is 58.0 Å². The van der Waals surface area contributed by atoms with Crippen LogP contribution < -0.4 is 11.1 Å². The molecule has 0 aliphatic heterocycles. The molecule has 0 bridgehead atoms. The second kappa shape index (κ2) is 11.2. The molecule has 7 aromatic heterocycles. The topological polar surface area (TPSA) is 39.1 Å². The average Bonchev–Trinajstić information content (AvgIpc) is 3.91. The molecule has 3 nitrogen and oxygen atoms in total. The lowest BCUT2D eigenvalue weighted by Gasteiger charge is -2.01. The van der Waals surface area contributed by atoms with Crippen molar-refractivity contribution in [3.63, 3.8) is 0 Å². The summed E-state index contributed by atoms with van der Waals surface area (Å²) in [6.07, 6.45) is 0. The lowest BCUT2D eigenvalue weighted by molar-refractivity contribution is 0.976. The molecule has 0 fully saturated rings. The molecule has 0 spiro atoms. The molecule has 0 amide bonds. The smallest absolute Gasteiger partial charge is 0.266 e. The summed E-state index contributed by atoms with van der Waals surface area (Å²) in [6, 6.07) is 24.9. The minimum absolute atomic E-state index is 0.266. The third-order valence-electron chi connectivity index (χ3n) is 9.02. The molecular formula is C39H27NO2S6. The Kier molecular flexibility index (Phi) is 7.06. The highest BCUT2D eigenvalue weighted by Gasteiger charge is 2.21. The summed E-state index contributed by atoms with van der Waals surface area (Å²) in [5, 5.41) is 3.82. The van der Waals surface area contributed by atoms with Crippen LogP contribution in [0.3, 0.4) is 0 Å². The monoisotopic (exact) mass is 733 g/mol. The number of fused-ring (bicyclic) bond motifs is 5. The minimum Gasteiger partial charge on any atom is -0.268 e. The molecule has 0 atom stereocenters. The molecule has 0 aliphatic carbocycles. The molecule has 0 saturated heterocycles. The molecule has 9 aromatic rings. The highest BCUT2D eigenvalue weighted by molar-refractivity contribution is 7.32. The van der Waals surface area contributed by atoms with E-state index in [4.69, 9.17) is 0 Å². The number of aromatic nitrogens is 1. The predicted octanol–water partition coefficient (Wildman–Crippen LogP) is 12.7. The molecule has 7 heterocycles. The van der Waals surface area contributed by atoms with Gasteiger partial charge in [-0.05, 0) is 117 Å². The van der Waals surface area contributed by atoms with Crippen molar-refractivity contribution in [2.45, 2.75) is 34.6 Å². The third-order valence-corrected chi connectivity index (χ3v) is 16.7. The quantitative estimate of drug-likeness (QED) is 0.181. The van der Waals surface area contributed by atoms with Crippen LogP contribution in [0.2, 0.25) is 0 Å². The van der Waals surface area contributed by atoms with Crippen LogP contribution in [-0.2, 0) is 0 Å². The Morgan fingerprint density at radius 3 is 1.90 bits per heavy atom. The van der Waals surface area contributed by atoms with Gasteiger partial charge in [-0.2, -0.15) is 0 Å². The van der Waals surface area contributed by atoms with Crippen LogP contribution in [0.4, 0.5) is 0 Å². The van der Waals surface area contributed by atoms with E-state index in [9.17, 15) is 9.59 Å². The molecule has 0 N–H and O–H groups in total. The molecule has 48 heavy (non-hydrogen) atoms. The van der Waals surface area contributed by atoms with Crippen LogP contribution in [0.1, 0.15) is 26.4 Å². The fourth-order valence-corrected chi connectivity index (χ4v) is 13.6. The summed E-state index contributed by atoms with van der Waals surface area (Å²) in [5.74, 6) is 0. The summed E-state index contributed by atoms with van der Waals surface area (Å²) >= 11 is 10.6. The Bertz CT molecular complexity index is 2870. The van der Waals surface area contributed by atoms with Gasteiger partial charge < -0.3 is 0 Å². The first-order valence-corrected chi connectivity index (χ1v) is 20.4. The van der Waals surface area contributed by atoms with Crippen molar-refractivity contribution in [1.82, 2.24) is 4.57 Å². The second-order valence-corrected chi connectivity index (χ2v) is 19.0. The van der Waals surface area contributed by atoms with Gasteiger partial charge in [0.25, 0.3) is 11.1 Å². The fourth-order valence-electron chi connectivity index (χ4n) is 6.48. The number of benzene rings is 2. The van der Waals surface area contributed by atoms with Crippen molar-refractivity contribution in [2.24, 2.45) is 0 Å². The molecule has 0 unspecified atom stereocenters. The van der Waals surface area contributed by atoms with Gasteiger partial charge in [-0.1, -0.05) is 18.2 Å². The van der Waals surface area contributed by atoms with Crippen LogP contribution in [0.5, 0.6) is 0 Å². The van der Waals surface area contributed by atoms with Crippen molar-refractivity contribution in [1.29, 1.82) is 0 Å². The molecule has 9 rings (SSSR count). The fraction of sp³-hybridized carbons (Fsp3) is 0.128. The van der Waals surface area contributed by atoms with E-state index >= 15 is 0 Å². The van der Waals surface area contributed by atoms with Crippen LogP contribution in [-0.4, -0.2) is 4.57 Å². The van der Waals surface area contributed by atoms with Gasteiger partial charge in [-0.3, -0.25) is 9.59 Å². The van der Waals surface area contributed by atoms with Crippen molar-refractivity contribution in [3.05, 3.63) is 120 Å². The lowest BCUT2D eigenvalue weighted by atomic mass is 10.1. The predicted molar refractivity (Wildman–Crippen MR) is 216 cm³/mol. The van der Waals surface area contributed by atoms with Crippen LogP contribution >= 0.6 is 68.0 Å². The van der Waals surface area contributed by atoms with Gasteiger partial charge in [0.2, 0.25) is 0 Å². The van der Waals surface area contributed by atoms with Crippen LogP contribution in [0.25, 0.3) is 75.3 Å². The zero-order chi connectivity index (χ0) is 33.0. The zero-order valence-electron chi connectivity index (χ0n) is 26.6. The normalized spacial score (nSPS) is 12.0. The van der Waals surface area contributed by atoms with E-state index in [1.165, 1.54) is 70.7 Å². The Balaban J connectivity index is 1.17. The van der Waals surface area contributed by atoms with E-state index in [0.717, 1.165) is 19.2 Å². The first kappa shape index (κ1) is 30.4. The molecule has 0 saturated carbocycles. The van der Waals surface area contributed by atoms with Crippen molar-refractivity contribution >= 4 is 108 Å². The van der Waals surface area contributed by atoms with Gasteiger partial charge in [0, 0.05) is 48.4 Å². The number of aryl methyl sites for hydroxylation is 5. The van der Waals surface area contributed by atoms with E-state index in [0.29, 0.717) is 16.5 Å². The maximum atomic E-state index is 14.1. The maximum absolute atomic E-state index is 14.1. The van der Waals surface area contributed by atoms with Crippen molar-refractivity contribution < 1.29 is 0 Å². The standard InChI is InChI=1S/C39H27NO2S6/c1-18-11-29(44-22(18)5)31-15-23-14-28-25(21(4)35(23)47-31)16-32(45-28)30-12-19(2)34(46-30)33-17-27-37(48-33)36-26(13-20(3)43-36)38(41)40(39(27)42)24-9-7-6-8-10-24/h6-17H,1-5H3. The number of nitrogens with zero attached hydrogens (tertiary/aromatic N) is 1. The molecular weight excluding hydrogens is 707 g/mol. The zero-order valence-corrected chi connectivity index (χ0v) is 31.5. The van der Waals surface area contributed by atoms with Gasteiger partial charge in [0.15, 0.2) is 0 Å². The van der Waals surface area contributed by atoms with E-state index in [-0.39, 0.29) is 11.1 Å². The summed E-state index contributed by atoms with van der Waals surface area (Å²) in [5.41, 5.74) is 3.95. The Labute approximate surface area is 300 Å². The Morgan fingerprint density at radius 2 is 1.15 bits per heavy atom. The highest BCUT2D eigenvalue weighted by Crippen LogP contribution is 2.48. The van der Waals surface area contributed by atoms with E-state index < -0.39 is 0 Å². The number of para-hydroxylation sites is 1. The number of thiophene rings is 6. The second-order valence-electron chi connectivity index (χ2n) is 12.3. The molecule has 9 heteroatoms. The number of rotatable bonds is 4. The first-order chi connectivity index (χ1) is 23.1. The maximum Gasteiger partial charge on any atom is 0.266 e. The summed E-state index contributed by atoms with van der Waals surface area (Å²) in [6.45, 7) is 10.8. The third kappa shape index (κ3) is 4.67. The Hall–Kier alpha value is -3.70. The molecule has 0 radical (unpaired) electrons. The lowest BCUT2D eigenvalue weighted by Crippen LogP contribution is -2.28. The number of hydrogen-bond donors (Lipinski definition) is 0. The highest BCUT2D eigenvalue weighted by atomic mass is 32.1.